The highest BCUT2D eigenvalue weighted by molar-refractivity contribution is 5.48. The van der Waals surface area contributed by atoms with Crippen LogP contribution in [0.1, 0.15) is 25.3 Å². The van der Waals surface area contributed by atoms with Crippen molar-refractivity contribution in [3.8, 4) is 11.8 Å². The lowest BCUT2D eigenvalue weighted by Crippen LogP contribution is -2.29. The quantitative estimate of drug-likeness (QED) is 0.582. The molecule has 0 aliphatic rings. The number of rotatable bonds is 8. The van der Waals surface area contributed by atoms with Crippen LogP contribution < -0.4 is 10.1 Å². The van der Waals surface area contributed by atoms with Crippen molar-refractivity contribution in [2.24, 2.45) is 0 Å². The summed E-state index contributed by atoms with van der Waals surface area (Å²) >= 11 is 0. The van der Waals surface area contributed by atoms with Crippen LogP contribution >= 0.6 is 0 Å². The highest BCUT2D eigenvalue weighted by atomic mass is 16.6. The number of nitrogens with zero attached hydrogens (tertiary/aromatic N) is 2. The van der Waals surface area contributed by atoms with E-state index in [1.807, 2.05) is 6.92 Å². The second kappa shape index (κ2) is 8.12. The summed E-state index contributed by atoms with van der Waals surface area (Å²) < 4.78 is 5.43. The van der Waals surface area contributed by atoms with E-state index in [9.17, 15) is 10.1 Å². The number of aryl methyl sites for hydroxylation is 1. The predicted molar refractivity (Wildman–Crippen MR) is 75.6 cm³/mol. The van der Waals surface area contributed by atoms with E-state index in [0.29, 0.717) is 6.42 Å². The van der Waals surface area contributed by atoms with Gasteiger partial charge in [-0.15, -0.1) is 0 Å². The van der Waals surface area contributed by atoms with Crippen LogP contribution in [0.5, 0.6) is 5.75 Å². The van der Waals surface area contributed by atoms with Gasteiger partial charge in [-0.25, -0.2) is 0 Å². The van der Waals surface area contributed by atoms with Crippen molar-refractivity contribution >= 4 is 5.69 Å². The van der Waals surface area contributed by atoms with E-state index in [1.165, 1.54) is 6.07 Å². The van der Waals surface area contributed by atoms with Gasteiger partial charge in [0.1, 0.15) is 0 Å². The second-order valence-electron chi connectivity index (χ2n) is 4.50. The number of nitriles is 1. The molecule has 20 heavy (non-hydrogen) atoms. The zero-order chi connectivity index (χ0) is 15.0. The van der Waals surface area contributed by atoms with Crippen LogP contribution in [-0.4, -0.2) is 24.1 Å². The molecule has 0 saturated heterocycles. The lowest BCUT2D eigenvalue weighted by atomic mass is 10.2. The largest absolute Gasteiger partial charge is 0.487 e. The van der Waals surface area contributed by atoms with Gasteiger partial charge in [0.05, 0.1) is 23.6 Å². The van der Waals surface area contributed by atoms with E-state index in [0.717, 1.165) is 18.5 Å². The Kier molecular flexibility index (Phi) is 6.47. The topological polar surface area (TPSA) is 88.2 Å². The fraction of sp³-hybridized carbons (Fsp3) is 0.500. The van der Waals surface area contributed by atoms with Gasteiger partial charge in [0.15, 0.2) is 5.75 Å². The predicted octanol–water partition coefficient (Wildman–Crippen LogP) is 2.56. The maximum atomic E-state index is 10.9. The van der Waals surface area contributed by atoms with Crippen molar-refractivity contribution in [3.63, 3.8) is 0 Å². The average molecular weight is 277 g/mol. The zero-order valence-corrected chi connectivity index (χ0v) is 11.8. The molecule has 6 nitrogen and oxygen atoms in total. The maximum absolute atomic E-state index is 10.9. The van der Waals surface area contributed by atoms with Gasteiger partial charge in [0, 0.05) is 12.5 Å². The third-order valence-electron chi connectivity index (χ3n) is 2.77. The van der Waals surface area contributed by atoms with Crippen molar-refractivity contribution in [2.45, 2.75) is 32.7 Å². The van der Waals surface area contributed by atoms with Gasteiger partial charge in [0.2, 0.25) is 0 Å². The Hall–Kier alpha value is -2.13. The molecule has 6 heteroatoms. The molecule has 1 N–H and O–H groups in total. The van der Waals surface area contributed by atoms with Crippen LogP contribution in [0.3, 0.4) is 0 Å². The molecule has 1 aromatic carbocycles. The fourth-order valence-corrected chi connectivity index (χ4v) is 1.71. The van der Waals surface area contributed by atoms with E-state index in [2.05, 4.69) is 11.4 Å². The molecule has 0 saturated carbocycles. The molecule has 0 amide bonds. The Morgan fingerprint density at radius 3 is 2.90 bits per heavy atom. The van der Waals surface area contributed by atoms with Gasteiger partial charge < -0.3 is 10.1 Å². The van der Waals surface area contributed by atoms with E-state index >= 15 is 0 Å². The normalized spacial score (nSPS) is 11.7. The van der Waals surface area contributed by atoms with Gasteiger partial charge >= 0.3 is 5.69 Å². The van der Waals surface area contributed by atoms with E-state index in [1.54, 1.807) is 19.1 Å². The molecule has 1 aromatic rings. The summed E-state index contributed by atoms with van der Waals surface area (Å²) in [6, 6.07) is 6.69. The first-order valence-corrected chi connectivity index (χ1v) is 6.59. The number of benzene rings is 1. The van der Waals surface area contributed by atoms with E-state index in [4.69, 9.17) is 10.00 Å². The van der Waals surface area contributed by atoms with Gasteiger partial charge in [-0.2, -0.15) is 5.26 Å². The maximum Gasteiger partial charge on any atom is 0.311 e. The zero-order valence-electron chi connectivity index (χ0n) is 11.8. The Morgan fingerprint density at radius 2 is 2.30 bits per heavy atom. The molecule has 0 bridgehead atoms. The highest BCUT2D eigenvalue weighted by Gasteiger charge is 2.15. The summed E-state index contributed by atoms with van der Waals surface area (Å²) in [5, 5.41) is 23.0. The molecule has 108 valence electrons. The van der Waals surface area contributed by atoms with Crippen LogP contribution in [0.25, 0.3) is 0 Å². The van der Waals surface area contributed by atoms with Gasteiger partial charge in [0.25, 0.3) is 0 Å². The van der Waals surface area contributed by atoms with Gasteiger partial charge in [-0.05, 0) is 31.5 Å². The van der Waals surface area contributed by atoms with Crippen LogP contribution in [-0.2, 0) is 0 Å². The number of hydrogen-bond donors (Lipinski definition) is 1. The Bertz CT molecular complexity index is 497. The molecule has 1 atom stereocenters. The minimum absolute atomic E-state index is 0.0416. The molecule has 0 aromatic heterocycles. The first-order valence-electron chi connectivity index (χ1n) is 6.59. The molecule has 0 aliphatic carbocycles. The Labute approximate surface area is 118 Å². The summed E-state index contributed by atoms with van der Waals surface area (Å²) in [6.07, 6.45) is 1.43. The monoisotopic (exact) mass is 277 g/mol. The molecular formula is C14H19N3O3. The van der Waals surface area contributed by atoms with Crippen molar-refractivity contribution in [3.05, 3.63) is 33.9 Å². The molecule has 0 spiro atoms. The van der Waals surface area contributed by atoms with Crippen LogP contribution in [0.2, 0.25) is 0 Å². The third kappa shape index (κ3) is 4.86. The number of nitrogens with one attached hydrogen (secondary N) is 1. The number of nitro benzene ring substituents is 1. The van der Waals surface area contributed by atoms with Gasteiger partial charge in [-0.1, -0.05) is 13.0 Å². The molecule has 1 rings (SSSR count). The molecule has 0 aliphatic heterocycles. The molecule has 0 heterocycles. The SMILES string of the molecule is CCCNC(C#N)CCOc1ccc(C)cc1[N+](=O)[O-]. The first-order chi connectivity index (χ1) is 9.58. The number of hydrogen-bond acceptors (Lipinski definition) is 5. The average Bonchev–Trinajstić information content (AvgIpc) is 2.43. The van der Waals surface area contributed by atoms with Crippen LogP contribution in [0.15, 0.2) is 18.2 Å². The highest BCUT2D eigenvalue weighted by Crippen LogP contribution is 2.27. The Balaban J connectivity index is 2.57. The van der Waals surface area contributed by atoms with Crippen molar-refractivity contribution in [1.29, 1.82) is 5.26 Å². The first kappa shape index (κ1) is 15.9. The van der Waals surface area contributed by atoms with Crippen molar-refractivity contribution in [1.82, 2.24) is 5.32 Å². The second-order valence-corrected chi connectivity index (χ2v) is 4.50. The van der Waals surface area contributed by atoms with Crippen LogP contribution in [0, 0.1) is 28.4 Å². The standard InChI is InChI=1S/C14H19N3O3/c1-3-7-16-12(10-15)6-8-20-14-5-4-11(2)9-13(14)17(18)19/h4-5,9,12,16H,3,6-8H2,1-2H3. The van der Waals surface area contributed by atoms with E-state index in [-0.39, 0.29) is 24.1 Å². The lowest BCUT2D eigenvalue weighted by molar-refractivity contribution is -0.385. The summed E-state index contributed by atoms with van der Waals surface area (Å²) in [5.41, 5.74) is 0.767. The minimum Gasteiger partial charge on any atom is -0.487 e. The Morgan fingerprint density at radius 1 is 1.55 bits per heavy atom. The third-order valence-corrected chi connectivity index (χ3v) is 2.77. The van der Waals surface area contributed by atoms with Crippen molar-refractivity contribution in [2.75, 3.05) is 13.2 Å². The minimum atomic E-state index is -0.459. The number of ether oxygens (including phenoxy) is 1. The number of nitro groups is 1. The summed E-state index contributed by atoms with van der Waals surface area (Å²) in [7, 11) is 0. The van der Waals surface area contributed by atoms with Crippen LogP contribution in [0.4, 0.5) is 5.69 Å². The molecule has 1 unspecified atom stereocenters. The smallest absolute Gasteiger partial charge is 0.311 e. The molecule has 0 fully saturated rings. The summed E-state index contributed by atoms with van der Waals surface area (Å²) in [4.78, 5) is 10.5. The van der Waals surface area contributed by atoms with E-state index < -0.39 is 4.92 Å². The molecule has 0 radical (unpaired) electrons. The van der Waals surface area contributed by atoms with Gasteiger partial charge in [-0.3, -0.25) is 10.1 Å². The fourth-order valence-electron chi connectivity index (χ4n) is 1.71. The lowest BCUT2D eigenvalue weighted by Gasteiger charge is -2.11. The molecular weight excluding hydrogens is 258 g/mol. The summed E-state index contributed by atoms with van der Waals surface area (Å²) in [5.74, 6) is 0.243. The van der Waals surface area contributed by atoms with Crippen molar-refractivity contribution < 1.29 is 9.66 Å². The summed E-state index contributed by atoms with van der Waals surface area (Å²) in [6.45, 7) is 4.84.